The Morgan fingerprint density at radius 2 is 1.74 bits per heavy atom. The van der Waals surface area contributed by atoms with Crippen LogP contribution in [-0.4, -0.2) is 7.05 Å². The molecule has 19 heavy (non-hydrogen) atoms. The second-order valence-corrected chi connectivity index (χ2v) is 5.12. The third-order valence-electron chi connectivity index (χ3n) is 2.87. The normalized spacial score (nSPS) is 10.5. The third-order valence-corrected chi connectivity index (χ3v) is 3.48. The predicted octanol–water partition coefficient (Wildman–Crippen LogP) is 3.95. The van der Waals surface area contributed by atoms with Gasteiger partial charge in [-0.05, 0) is 52.3 Å². The lowest BCUT2D eigenvalue weighted by Gasteiger charge is -2.20. The van der Waals surface area contributed by atoms with Crippen LogP contribution in [0, 0.1) is 11.6 Å². The van der Waals surface area contributed by atoms with Gasteiger partial charge in [0.25, 0.3) is 0 Å². The summed E-state index contributed by atoms with van der Waals surface area (Å²) in [5.74, 6) is -1.12. The van der Waals surface area contributed by atoms with E-state index >= 15 is 0 Å². The number of nitrogens with zero attached hydrogens (tertiary/aromatic N) is 1. The van der Waals surface area contributed by atoms with Crippen LogP contribution in [0.3, 0.4) is 0 Å². The van der Waals surface area contributed by atoms with Crippen LogP contribution >= 0.6 is 15.9 Å². The van der Waals surface area contributed by atoms with E-state index in [0.717, 1.165) is 5.69 Å². The Bertz CT molecular complexity index is 585. The van der Waals surface area contributed by atoms with Crippen LogP contribution < -0.4 is 10.6 Å². The zero-order valence-electron chi connectivity index (χ0n) is 10.3. The highest BCUT2D eigenvalue weighted by atomic mass is 79.9. The molecule has 0 radical (unpaired) electrons. The summed E-state index contributed by atoms with van der Waals surface area (Å²) >= 11 is 3.06. The molecule has 2 rings (SSSR count). The molecule has 0 heterocycles. The molecule has 2 aromatic rings. The first-order valence-corrected chi connectivity index (χ1v) is 6.47. The molecule has 0 aliphatic carbocycles. The van der Waals surface area contributed by atoms with Crippen LogP contribution in [0.25, 0.3) is 0 Å². The standard InChI is InChI=1S/C14H13BrF2N2/c1-19(10-4-2-9(18)3-5-10)8-11-13(16)7-6-12(15)14(11)17/h2-7H,8,18H2,1H3. The van der Waals surface area contributed by atoms with Gasteiger partial charge < -0.3 is 10.6 Å². The number of benzene rings is 2. The third kappa shape index (κ3) is 3.04. The number of nitrogens with two attached hydrogens (primary N) is 1. The van der Waals surface area contributed by atoms with Gasteiger partial charge in [0.2, 0.25) is 0 Å². The van der Waals surface area contributed by atoms with Crippen LogP contribution in [0.5, 0.6) is 0 Å². The molecule has 2 aromatic carbocycles. The summed E-state index contributed by atoms with van der Waals surface area (Å²) in [6, 6.07) is 9.72. The van der Waals surface area contributed by atoms with Gasteiger partial charge in [-0.2, -0.15) is 0 Å². The first-order chi connectivity index (χ1) is 8.99. The zero-order chi connectivity index (χ0) is 14.0. The number of anilines is 2. The van der Waals surface area contributed by atoms with Gasteiger partial charge in [0.15, 0.2) is 0 Å². The van der Waals surface area contributed by atoms with Crippen LogP contribution in [0.1, 0.15) is 5.56 Å². The van der Waals surface area contributed by atoms with E-state index in [4.69, 9.17) is 5.73 Å². The van der Waals surface area contributed by atoms with Crippen LogP contribution in [0.2, 0.25) is 0 Å². The van der Waals surface area contributed by atoms with E-state index in [1.807, 2.05) is 12.1 Å². The summed E-state index contributed by atoms with van der Waals surface area (Å²) in [5, 5.41) is 0. The summed E-state index contributed by atoms with van der Waals surface area (Å²) in [6.07, 6.45) is 0. The average molecular weight is 327 g/mol. The molecule has 0 atom stereocenters. The van der Waals surface area contributed by atoms with E-state index in [-0.39, 0.29) is 16.6 Å². The van der Waals surface area contributed by atoms with Crippen molar-refractivity contribution in [2.45, 2.75) is 6.54 Å². The van der Waals surface area contributed by atoms with E-state index in [9.17, 15) is 8.78 Å². The average Bonchev–Trinajstić information content (AvgIpc) is 2.40. The summed E-state index contributed by atoms with van der Waals surface area (Å²) in [7, 11) is 1.77. The van der Waals surface area contributed by atoms with Gasteiger partial charge in [-0.3, -0.25) is 0 Å². The Morgan fingerprint density at radius 1 is 1.11 bits per heavy atom. The molecule has 0 aliphatic rings. The Kier molecular flexibility index (Phi) is 4.04. The topological polar surface area (TPSA) is 29.3 Å². The van der Waals surface area contributed by atoms with Crippen LogP contribution in [0.4, 0.5) is 20.2 Å². The highest BCUT2D eigenvalue weighted by molar-refractivity contribution is 9.10. The first-order valence-electron chi connectivity index (χ1n) is 5.68. The van der Waals surface area contributed by atoms with Gasteiger partial charge in [0.1, 0.15) is 11.6 Å². The van der Waals surface area contributed by atoms with Crippen molar-refractivity contribution in [3.8, 4) is 0 Å². The Hall–Kier alpha value is -1.62. The minimum Gasteiger partial charge on any atom is -0.399 e. The molecule has 0 aromatic heterocycles. The number of hydrogen-bond donors (Lipinski definition) is 1. The summed E-state index contributed by atoms with van der Waals surface area (Å²) < 4.78 is 27.8. The van der Waals surface area contributed by atoms with Crippen molar-refractivity contribution in [1.82, 2.24) is 0 Å². The van der Waals surface area contributed by atoms with Gasteiger partial charge in [-0.15, -0.1) is 0 Å². The molecular weight excluding hydrogens is 314 g/mol. The molecule has 0 bridgehead atoms. The van der Waals surface area contributed by atoms with Crippen molar-refractivity contribution in [3.05, 3.63) is 58.1 Å². The van der Waals surface area contributed by atoms with Crippen molar-refractivity contribution < 1.29 is 8.78 Å². The van der Waals surface area contributed by atoms with Crippen molar-refractivity contribution in [2.24, 2.45) is 0 Å². The SMILES string of the molecule is CN(Cc1c(F)ccc(Br)c1F)c1ccc(N)cc1. The monoisotopic (exact) mass is 326 g/mol. The fourth-order valence-electron chi connectivity index (χ4n) is 1.77. The molecule has 0 saturated heterocycles. The smallest absolute Gasteiger partial charge is 0.145 e. The quantitative estimate of drug-likeness (QED) is 0.683. The minimum absolute atomic E-state index is 0.0358. The summed E-state index contributed by atoms with van der Waals surface area (Å²) in [5.41, 5.74) is 7.13. The summed E-state index contributed by atoms with van der Waals surface area (Å²) in [6.45, 7) is 0.140. The van der Waals surface area contributed by atoms with Gasteiger partial charge >= 0.3 is 0 Å². The minimum atomic E-state index is -0.567. The molecule has 0 unspecified atom stereocenters. The Balaban J connectivity index is 2.26. The van der Waals surface area contributed by atoms with Crippen molar-refractivity contribution >= 4 is 27.3 Å². The second kappa shape index (κ2) is 5.57. The zero-order valence-corrected chi connectivity index (χ0v) is 11.9. The van der Waals surface area contributed by atoms with Gasteiger partial charge in [0.05, 0.1) is 4.47 Å². The molecular formula is C14H13BrF2N2. The molecule has 0 saturated carbocycles. The largest absolute Gasteiger partial charge is 0.399 e. The number of halogens is 3. The lowest BCUT2D eigenvalue weighted by atomic mass is 10.1. The van der Waals surface area contributed by atoms with Crippen molar-refractivity contribution in [3.63, 3.8) is 0 Å². The molecule has 0 amide bonds. The van der Waals surface area contributed by atoms with E-state index in [0.29, 0.717) is 5.69 Å². The maximum Gasteiger partial charge on any atom is 0.145 e. The van der Waals surface area contributed by atoms with Crippen LogP contribution in [-0.2, 0) is 6.54 Å². The summed E-state index contributed by atoms with van der Waals surface area (Å²) in [4.78, 5) is 1.76. The molecule has 100 valence electrons. The van der Waals surface area contributed by atoms with E-state index in [1.54, 1.807) is 24.1 Å². The molecule has 2 N–H and O–H groups in total. The van der Waals surface area contributed by atoms with Gasteiger partial charge in [-0.25, -0.2) is 8.78 Å². The van der Waals surface area contributed by atoms with E-state index in [1.165, 1.54) is 12.1 Å². The second-order valence-electron chi connectivity index (χ2n) is 4.27. The van der Waals surface area contributed by atoms with E-state index < -0.39 is 11.6 Å². The van der Waals surface area contributed by atoms with Crippen molar-refractivity contribution in [2.75, 3.05) is 17.7 Å². The van der Waals surface area contributed by atoms with Gasteiger partial charge in [0, 0.05) is 30.5 Å². The first kappa shape index (κ1) is 13.8. The van der Waals surface area contributed by atoms with Crippen LogP contribution in [0.15, 0.2) is 40.9 Å². The number of nitrogen functional groups attached to an aromatic ring is 1. The molecule has 0 fully saturated rings. The fraction of sp³-hybridized carbons (Fsp3) is 0.143. The lowest BCUT2D eigenvalue weighted by Crippen LogP contribution is -2.18. The highest BCUT2D eigenvalue weighted by Gasteiger charge is 2.14. The van der Waals surface area contributed by atoms with Crippen molar-refractivity contribution in [1.29, 1.82) is 0 Å². The fourth-order valence-corrected chi connectivity index (χ4v) is 2.14. The number of rotatable bonds is 3. The molecule has 0 aliphatic heterocycles. The lowest BCUT2D eigenvalue weighted by molar-refractivity contribution is 0.549. The van der Waals surface area contributed by atoms with Gasteiger partial charge in [-0.1, -0.05) is 0 Å². The molecule has 0 spiro atoms. The van der Waals surface area contributed by atoms with E-state index in [2.05, 4.69) is 15.9 Å². The highest BCUT2D eigenvalue weighted by Crippen LogP contribution is 2.24. The number of hydrogen-bond acceptors (Lipinski definition) is 2. The Morgan fingerprint density at radius 3 is 2.37 bits per heavy atom. The maximum absolute atomic E-state index is 13.9. The molecule has 2 nitrogen and oxygen atoms in total. The maximum atomic E-state index is 13.9. The predicted molar refractivity (Wildman–Crippen MR) is 77.0 cm³/mol. The molecule has 5 heteroatoms. The Labute approximate surface area is 119 Å².